The van der Waals surface area contributed by atoms with Crippen LogP contribution in [0.3, 0.4) is 0 Å². The van der Waals surface area contributed by atoms with Crippen molar-refractivity contribution in [2.45, 2.75) is 0 Å². The van der Waals surface area contributed by atoms with Crippen LogP contribution in [0.15, 0.2) is 24.3 Å². The molecule has 1 amide bonds. The zero-order valence-electron chi connectivity index (χ0n) is 10.5. The van der Waals surface area contributed by atoms with E-state index in [1.165, 1.54) is 0 Å². The highest BCUT2D eigenvalue weighted by molar-refractivity contribution is 6.01. The van der Waals surface area contributed by atoms with Crippen LogP contribution < -0.4 is 15.8 Å². The molecule has 2 aromatic rings. The van der Waals surface area contributed by atoms with Gasteiger partial charge in [0.2, 0.25) is 0 Å². The number of nitrogens with one attached hydrogen (secondary N) is 1. The number of amides is 1. The van der Waals surface area contributed by atoms with Crippen molar-refractivity contribution in [2.75, 3.05) is 25.6 Å². The lowest BCUT2D eigenvalue weighted by Crippen LogP contribution is -2.17. The molecule has 6 nitrogen and oxygen atoms in total. The van der Waals surface area contributed by atoms with E-state index in [0.717, 1.165) is 5.39 Å². The van der Waals surface area contributed by atoms with Gasteiger partial charge in [-0.15, -0.1) is 0 Å². The Morgan fingerprint density at radius 1 is 1.47 bits per heavy atom. The minimum absolute atomic E-state index is 0.0595. The highest BCUT2D eigenvalue weighted by Crippen LogP contribution is 2.23. The van der Waals surface area contributed by atoms with Crippen LogP contribution in [-0.2, 0) is 0 Å². The van der Waals surface area contributed by atoms with Crippen molar-refractivity contribution in [3.05, 3.63) is 29.8 Å². The van der Waals surface area contributed by atoms with Gasteiger partial charge in [0.1, 0.15) is 11.6 Å². The van der Waals surface area contributed by atoms with Gasteiger partial charge in [-0.05, 0) is 18.2 Å². The first-order valence-corrected chi connectivity index (χ1v) is 5.79. The molecule has 100 valence electrons. The van der Waals surface area contributed by atoms with E-state index in [1.54, 1.807) is 25.3 Å². The Morgan fingerprint density at radius 3 is 2.89 bits per heavy atom. The maximum atomic E-state index is 11.4. The molecule has 0 aliphatic rings. The third-order valence-electron chi connectivity index (χ3n) is 2.69. The Hall–Kier alpha value is -2.34. The summed E-state index contributed by atoms with van der Waals surface area (Å²) in [4.78, 5) is 15.7. The van der Waals surface area contributed by atoms with Crippen LogP contribution in [0.4, 0.5) is 5.82 Å². The van der Waals surface area contributed by atoms with Crippen LogP contribution in [0.25, 0.3) is 10.9 Å². The molecule has 0 unspecified atom stereocenters. The zero-order chi connectivity index (χ0) is 13.8. The average molecular weight is 261 g/mol. The van der Waals surface area contributed by atoms with Crippen molar-refractivity contribution in [1.29, 1.82) is 0 Å². The molecule has 0 saturated heterocycles. The lowest BCUT2D eigenvalue weighted by atomic mass is 10.1. The van der Waals surface area contributed by atoms with Crippen LogP contribution in [0.2, 0.25) is 0 Å². The fourth-order valence-corrected chi connectivity index (χ4v) is 1.77. The quantitative estimate of drug-likeness (QED) is 0.737. The summed E-state index contributed by atoms with van der Waals surface area (Å²) >= 11 is 0. The molecule has 2 rings (SSSR count). The van der Waals surface area contributed by atoms with Gasteiger partial charge in [0, 0.05) is 18.0 Å². The number of benzene rings is 1. The molecule has 0 aliphatic carbocycles. The summed E-state index contributed by atoms with van der Waals surface area (Å²) in [5.41, 5.74) is 6.31. The molecule has 0 saturated carbocycles. The maximum absolute atomic E-state index is 11.4. The largest absolute Gasteiger partial charge is 0.497 e. The second kappa shape index (κ2) is 5.53. The highest BCUT2D eigenvalue weighted by atomic mass is 16.5. The molecule has 1 heterocycles. The molecular weight excluding hydrogens is 246 g/mol. The van der Waals surface area contributed by atoms with Gasteiger partial charge in [-0.1, -0.05) is 0 Å². The van der Waals surface area contributed by atoms with Crippen molar-refractivity contribution in [1.82, 2.24) is 4.98 Å². The summed E-state index contributed by atoms with van der Waals surface area (Å²) in [6, 6.07) is 7.03. The number of nitrogens with zero attached hydrogens (tertiary/aromatic N) is 1. The summed E-state index contributed by atoms with van der Waals surface area (Å²) in [7, 11) is 1.57. The number of hydrogen-bond acceptors (Lipinski definition) is 5. The minimum atomic E-state index is -0.564. The topological polar surface area (TPSA) is 97.5 Å². The van der Waals surface area contributed by atoms with Gasteiger partial charge >= 0.3 is 0 Å². The number of pyridine rings is 1. The number of hydrogen-bond donors (Lipinski definition) is 3. The minimum Gasteiger partial charge on any atom is -0.497 e. The van der Waals surface area contributed by atoms with Crippen LogP contribution in [0, 0.1) is 0 Å². The Kier molecular flexibility index (Phi) is 3.82. The summed E-state index contributed by atoms with van der Waals surface area (Å²) < 4.78 is 5.13. The zero-order valence-corrected chi connectivity index (χ0v) is 10.5. The molecular formula is C13H15N3O3. The molecule has 0 bridgehead atoms. The van der Waals surface area contributed by atoms with Crippen LogP contribution >= 0.6 is 0 Å². The normalized spacial score (nSPS) is 10.4. The fraction of sp³-hybridized carbons (Fsp3) is 0.231. The molecule has 4 N–H and O–H groups in total. The number of carbonyl (C=O) groups excluding carboxylic acids is 1. The Balaban J connectivity index is 2.55. The number of aliphatic hydroxyl groups is 1. The number of nitrogens with two attached hydrogens (primary N) is 1. The first-order valence-electron chi connectivity index (χ1n) is 5.79. The molecule has 0 aliphatic heterocycles. The van der Waals surface area contributed by atoms with E-state index in [-0.39, 0.29) is 6.61 Å². The van der Waals surface area contributed by atoms with Crippen molar-refractivity contribution in [3.63, 3.8) is 0 Å². The smallest absolute Gasteiger partial charge is 0.252 e. The molecule has 1 aromatic heterocycles. The Labute approximate surface area is 110 Å². The molecule has 0 fully saturated rings. The summed E-state index contributed by atoms with van der Waals surface area (Å²) in [5, 5.41) is 12.5. The number of methoxy groups -OCH3 is 1. The first-order chi connectivity index (χ1) is 9.15. The summed E-state index contributed by atoms with van der Waals surface area (Å²) in [5.74, 6) is 0.480. The van der Waals surface area contributed by atoms with Gasteiger partial charge in [-0.3, -0.25) is 4.79 Å². The van der Waals surface area contributed by atoms with E-state index in [4.69, 9.17) is 15.6 Å². The van der Waals surface area contributed by atoms with E-state index in [1.807, 2.05) is 6.07 Å². The van der Waals surface area contributed by atoms with Crippen molar-refractivity contribution < 1.29 is 14.6 Å². The predicted molar refractivity (Wildman–Crippen MR) is 72.4 cm³/mol. The summed E-state index contributed by atoms with van der Waals surface area (Å²) in [6.45, 7) is 0.235. The van der Waals surface area contributed by atoms with Crippen molar-refractivity contribution in [3.8, 4) is 5.75 Å². The van der Waals surface area contributed by atoms with E-state index >= 15 is 0 Å². The van der Waals surface area contributed by atoms with Crippen LogP contribution in [-0.4, -0.2) is 36.3 Å². The summed E-state index contributed by atoms with van der Waals surface area (Å²) in [6.07, 6.45) is 0. The lowest BCUT2D eigenvalue weighted by molar-refractivity contribution is 0.100. The Bertz CT molecular complexity index is 613. The third-order valence-corrected chi connectivity index (χ3v) is 2.69. The highest BCUT2D eigenvalue weighted by Gasteiger charge is 2.11. The number of aliphatic hydroxyl groups excluding tert-OH is 1. The number of primary amides is 1. The first kappa shape index (κ1) is 13.1. The average Bonchev–Trinajstić information content (AvgIpc) is 2.43. The predicted octanol–water partition coefficient (Wildman–Crippen LogP) is 0.746. The number of anilines is 1. The van der Waals surface area contributed by atoms with E-state index < -0.39 is 5.91 Å². The van der Waals surface area contributed by atoms with Gasteiger partial charge in [0.15, 0.2) is 0 Å². The molecule has 0 atom stereocenters. The number of aromatic nitrogens is 1. The number of ether oxygens (including phenoxy) is 1. The lowest BCUT2D eigenvalue weighted by Gasteiger charge is -2.10. The second-order valence-corrected chi connectivity index (χ2v) is 3.96. The molecule has 0 radical (unpaired) electrons. The molecule has 0 spiro atoms. The maximum Gasteiger partial charge on any atom is 0.252 e. The Morgan fingerprint density at radius 2 is 2.26 bits per heavy atom. The van der Waals surface area contributed by atoms with Gasteiger partial charge in [0.05, 0.1) is 24.8 Å². The van der Waals surface area contributed by atoms with Gasteiger partial charge < -0.3 is 20.9 Å². The van der Waals surface area contributed by atoms with Crippen LogP contribution in [0.5, 0.6) is 5.75 Å². The second-order valence-electron chi connectivity index (χ2n) is 3.96. The molecule has 6 heteroatoms. The van der Waals surface area contributed by atoms with Gasteiger partial charge in [-0.25, -0.2) is 4.98 Å². The number of carbonyl (C=O) groups is 1. The molecule has 1 aromatic carbocycles. The van der Waals surface area contributed by atoms with Crippen molar-refractivity contribution >= 4 is 22.6 Å². The van der Waals surface area contributed by atoms with E-state index in [9.17, 15) is 4.79 Å². The van der Waals surface area contributed by atoms with Crippen molar-refractivity contribution in [2.24, 2.45) is 5.73 Å². The third kappa shape index (κ3) is 2.74. The van der Waals surface area contributed by atoms with Gasteiger partial charge in [0.25, 0.3) is 5.91 Å². The monoisotopic (exact) mass is 261 g/mol. The van der Waals surface area contributed by atoms with E-state index in [2.05, 4.69) is 10.3 Å². The fourth-order valence-electron chi connectivity index (χ4n) is 1.77. The van der Waals surface area contributed by atoms with Crippen LogP contribution in [0.1, 0.15) is 10.4 Å². The standard InChI is InChI=1S/C13H15N3O3/c1-19-9-3-2-8-6-10(12(14)18)13(15-4-5-17)16-11(8)7-9/h2-3,6-7,17H,4-5H2,1H3,(H2,14,18)(H,15,16). The number of rotatable bonds is 5. The van der Waals surface area contributed by atoms with E-state index in [0.29, 0.717) is 29.2 Å². The SMILES string of the molecule is COc1ccc2cc(C(N)=O)c(NCCO)nc2c1. The number of fused-ring (bicyclic) bond motifs is 1. The van der Waals surface area contributed by atoms with Gasteiger partial charge in [-0.2, -0.15) is 0 Å². The molecule has 19 heavy (non-hydrogen) atoms.